The number of rotatable bonds is 3. The number of aromatic carboxylic acids is 1. The van der Waals surface area contributed by atoms with Gasteiger partial charge in [0.15, 0.2) is 5.78 Å². The van der Waals surface area contributed by atoms with Crippen LogP contribution >= 0.6 is 23.2 Å². The zero-order valence-electron chi connectivity index (χ0n) is 11.0. The third-order valence-electron chi connectivity index (χ3n) is 2.77. The van der Waals surface area contributed by atoms with E-state index in [0.29, 0.717) is 4.57 Å². The maximum atomic E-state index is 12.4. The number of ketones is 1. The van der Waals surface area contributed by atoms with E-state index in [0.717, 1.165) is 6.92 Å². The fourth-order valence-corrected chi connectivity index (χ4v) is 2.44. The molecule has 0 saturated heterocycles. The molecule has 7 nitrogen and oxygen atoms in total. The van der Waals surface area contributed by atoms with E-state index in [1.165, 1.54) is 18.2 Å². The van der Waals surface area contributed by atoms with Crippen LogP contribution in [0.4, 0.5) is 0 Å². The van der Waals surface area contributed by atoms with Crippen LogP contribution in [0.15, 0.2) is 27.8 Å². The van der Waals surface area contributed by atoms with Gasteiger partial charge in [0, 0.05) is 10.0 Å². The Bertz CT molecular complexity index is 893. The number of aromatic nitrogens is 2. The van der Waals surface area contributed by atoms with Crippen LogP contribution in [0.1, 0.15) is 27.8 Å². The molecule has 1 heterocycles. The molecule has 0 aliphatic rings. The SMILES string of the molecule is CC(=O)c1c(C(=O)O)[nH]c(=O)n(-c2cc(Cl)cc(Cl)c2)c1=O. The number of nitrogens with zero attached hydrogens (tertiary/aromatic N) is 1. The molecule has 2 rings (SSSR count). The normalized spacial score (nSPS) is 10.5. The minimum absolute atomic E-state index is 0.0168. The van der Waals surface area contributed by atoms with Crippen molar-refractivity contribution in [2.45, 2.75) is 6.92 Å². The molecular formula is C13H8Cl2N2O5. The van der Waals surface area contributed by atoms with Gasteiger partial charge in [-0.25, -0.2) is 14.2 Å². The Balaban J connectivity index is 2.92. The number of carbonyl (C=O) groups is 2. The molecule has 0 aliphatic heterocycles. The minimum atomic E-state index is -1.59. The predicted molar refractivity (Wildman–Crippen MR) is 79.6 cm³/mol. The molecule has 0 aliphatic carbocycles. The summed E-state index contributed by atoms with van der Waals surface area (Å²) in [5.41, 5.74) is -3.46. The Hall–Kier alpha value is -2.38. The number of carbonyl (C=O) groups excluding carboxylic acids is 1. The minimum Gasteiger partial charge on any atom is -0.477 e. The first-order valence-corrected chi connectivity index (χ1v) is 6.58. The number of H-pyrrole nitrogens is 1. The number of hydrogen-bond acceptors (Lipinski definition) is 4. The van der Waals surface area contributed by atoms with Gasteiger partial charge in [0.2, 0.25) is 0 Å². The highest BCUT2D eigenvalue weighted by atomic mass is 35.5. The molecule has 0 unspecified atom stereocenters. The largest absolute Gasteiger partial charge is 0.477 e. The van der Waals surface area contributed by atoms with E-state index in [4.69, 9.17) is 28.3 Å². The number of nitrogens with one attached hydrogen (secondary N) is 1. The third kappa shape index (κ3) is 2.81. The summed E-state index contributed by atoms with van der Waals surface area (Å²) in [6.07, 6.45) is 0. The molecule has 2 aromatic rings. The standard InChI is InChI=1S/C13H8Cl2N2O5/c1-5(18)9-10(12(20)21)16-13(22)17(11(9)19)8-3-6(14)2-7(15)4-8/h2-4H,1H3,(H,16,22)(H,20,21). The second-order valence-electron chi connectivity index (χ2n) is 4.31. The average molecular weight is 343 g/mol. The van der Waals surface area contributed by atoms with E-state index in [9.17, 15) is 19.2 Å². The summed E-state index contributed by atoms with van der Waals surface area (Å²) in [5.74, 6) is -2.38. The van der Waals surface area contributed by atoms with Crippen molar-refractivity contribution in [2.75, 3.05) is 0 Å². The van der Waals surface area contributed by atoms with Crippen molar-refractivity contribution in [3.63, 3.8) is 0 Å². The lowest BCUT2D eigenvalue weighted by Crippen LogP contribution is -2.39. The van der Waals surface area contributed by atoms with Gasteiger partial charge in [-0.1, -0.05) is 23.2 Å². The van der Waals surface area contributed by atoms with Crippen LogP contribution in [0, 0.1) is 0 Å². The summed E-state index contributed by atoms with van der Waals surface area (Å²) in [7, 11) is 0. The van der Waals surface area contributed by atoms with Gasteiger partial charge in [0.25, 0.3) is 5.56 Å². The van der Waals surface area contributed by atoms with Crippen LogP contribution in [0.3, 0.4) is 0 Å². The molecule has 0 saturated carbocycles. The summed E-state index contributed by atoms with van der Waals surface area (Å²) >= 11 is 11.6. The second-order valence-corrected chi connectivity index (χ2v) is 5.18. The monoisotopic (exact) mass is 342 g/mol. The van der Waals surface area contributed by atoms with Crippen molar-refractivity contribution in [1.29, 1.82) is 0 Å². The number of carboxylic acid groups (broad SMARTS) is 1. The first kappa shape index (κ1) is 16.0. The molecule has 0 bridgehead atoms. The number of benzene rings is 1. The highest BCUT2D eigenvalue weighted by Gasteiger charge is 2.23. The molecular weight excluding hydrogens is 335 g/mol. The molecule has 2 N–H and O–H groups in total. The number of halogens is 2. The first-order chi connectivity index (χ1) is 10.2. The van der Waals surface area contributed by atoms with Crippen molar-refractivity contribution in [1.82, 2.24) is 9.55 Å². The van der Waals surface area contributed by atoms with Crippen LogP contribution in [0.25, 0.3) is 5.69 Å². The topological polar surface area (TPSA) is 109 Å². The molecule has 1 aromatic carbocycles. The molecule has 0 atom stereocenters. The Kier molecular flexibility index (Phi) is 4.20. The molecule has 114 valence electrons. The van der Waals surface area contributed by atoms with E-state index in [1.54, 1.807) is 0 Å². The maximum Gasteiger partial charge on any atom is 0.353 e. The van der Waals surface area contributed by atoms with Gasteiger partial charge in [-0.15, -0.1) is 0 Å². The molecule has 0 radical (unpaired) electrons. The van der Waals surface area contributed by atoms with Crippen LogP contribution < -0.4 is 11.2 Å². The quantitative estimate of drug-likeness (QED) is 0.825. The fraction of sp³-hybridized carbons (Fsp3) is 0.0769. The summed E-state index contributed by atoms with van der Waals surface area (Å²) < 4.78 is 0.598. The number of hydrogen-bond donors (Lipinski definition) is 2. The molecule has 1 aromatic heterocycles. The van der Waals surface area contributed by atoms with E-state index < -0.39 is 34.3 Å². The highest BCUT2D eigenvalue weighted by Crippen LogP contribution is 2.20. The fourth-order valence-electron chi connectivity index (χ4n) is 1.93. The van der Waals surface area contributed by atoms with E-state index in [-0.39, 0.29) is 15.7 Å². The van der Waals surface area contributed by atoms with Gasteiger partial charge < -0.3 is 10.1 Å². The predicted octanol–water partition coefficient (Wildman–Crippen LogP) is 1.73. The molecule has 0 amide bonds. The van der Waals surface area contributed by atoms with Gasteiger partial charge in [-0.2, -0.15) is 0 Å². The van der Waals surface area contributed by atoms with Crippen molar-refractivity contribution in [3.05, 3.63) is 60.3 Å². The van der Waals surface area contributed by atoms with Crippen LogP contribution in [0.2, 0.25) is 10.0 Å². The van der Waals surface area contributed by atoms with Gasteiger partial charge in [0.1, 0.15) is 11.3 Å². The van der Waals surface area contributed by atoms with Crippen molar-refractivity contribution in [3.8, 4) is 5.69 Å². The maximum absolute atomic E-state index is 12.4. The second kappa shape index (κ2) is 5.78. The van der Waals surface area contributed by atoms with Gasteiger partial charge in [-0.05, 0) is 25.1 Å². The lowest BCUT2D eigenvalue weighted by atomic mass is 10.1. The van der Waals surface area contributed by atoms with Crippen molar-refractivity contribution >= 4 is 35.0 Å². The van der Waals surface area contributed by atoms with Crippen LogP contribution in [-0.4, -0.2) is 26.4 Å². The highest BCUT2D eigenvalue weighted by molar-refractivity contribution is 6.34. The Morgan fingerprint density at radius 1 is 1.14 bits per heavy atom. The zero-order valence-corrected chi connectivity index (χ0v) is 12.5. The van der Waals surface area contributed by atoms with Crippen LogP contribution in [-0.2, 0) is 0 Å². The molecule has 0 spiro atoms. The third-order valence-corrected chi connectivity index (χ3v) is 3.21. The van der Waals surface area contributed by atoms with E-state index >= 15 is 0 Å². The molecule has 22 heavy (non-hydrogen) atoms. The average Bonchev–Trinajstić information content (AvgIpc) is 2.35. The Morgan fingerprint density at radius 2 is 1.68 bits per heavy atom. The smallest absolute Gasteiger partial charge is 0.353 e. The van der Waals surface area contributed by atoms with Crippen LogP contribution in [0.5, 0.6) is 0 Å². The lowest BCUT2D eigenvalue weighted by molar-refractivity contribution is 0.0684. The van der Waals surface area contributed by atoms with E-state index in [2.05, 4.69) is 0 Å². The van der Waals surface area contributed by atoms with Gasteiger partial charge >= 0.3 is 11.7 Å². The Morgan fingerprint density at radius 3 is 2.14 bits per heavy atom. The van der Waals surface area contributed by atoms with Crippen molar-refractivity contribution in [2.24, 2.45) is 0 Å². The first-order valence-electron chi connectivity index (χ1n) is 5.82. The summed E-state index contributed by atoms with van der Waals surface area (Å²) in [6.45, 7) is 1.02. The molecule has 0 fully saturated rings. The van der Waals surface area contributed by atoms with E-state index in [1.807, 2.05) is 4.98 Å². The molecule has 9 heteroatoms. The number of aromatic amines is 1. The zero-order chi connectivity index (χ0) is 16.6. The van der Waals surface area contributed by atoms with Gasteiger partial charge in [0.05, 0.1) is 5.69 Å². The summed E-state index contributed by atoms with van der Waals surface area (Å²) in [4.78, 5) is 49.0. The Labute approximate surface area is 132 Å². The van der Waals surface area contributed by atoms with Crippen molar-refractivity contribution < 1.29 is 14.7 Å². The summed E-state index contributed by atoms with van der Waals surface area (Å²) in [6, 6.07) is 3.96. The summed E-state index contributed by atoms with van der Waals surface area (Å²) in [5, 5.41) is 9.33. The van der Waals surface area contributed by atoms with Gasteiger partial charge in [-0.3, -0.25) is 9.59 Å². The number of Topliss-reactive ketones (excluding diaryl/α,β-unsaturated/α-hetero) is 1. The lowest BCUT2D eigenvalue weighted by Gasteiger charge is -2.09. The number of carboxylic acids is 1.